The first kappa shape index (κ1) is 14.8. The molecule has 0 saturated carbocycles. The minimum absolute atomic E-state index is 0.130. The summed E-state index contributed by atoms with van der Waals surface area (Å²) in [5, 5.41) is 8.51. The molecule has 4 nitrogen and oxygen atoms in total. The van der Waals surface area contributed by atoms with Gasteiger partial charge in [-0.3, -0.25) is 0 Å². The molecule has 1 aromatic carbocycles. The van der Waals surface area contributed by atoms with E-state index < -0.39 is 0 Å². The van der Waals surface area contributed by atoms with Crippen molar-refractivity contribution in [1.29, 1.82) is 0 Å². The number of aromatic amines is 2. The smallest absolute Gasteiger partial charge is 0.152 e. The fraction of sp³-hybridized carbons (Fsp3) is 0.176. The van der Waals surface area contributed by atoms with Crippen molar-refractivity contribution in [2.45, 2.75) is 19.3 Å². The molecule has 3 rings (SSSR count). The van der Waals surface area contributed by atoms with Crippen LogP contribution in [0, 0.1) is 0 Å². The highest BCUT2D eigenvalue weighted by molar-refractivity contribution is 9.10. The standard InChI is InChI=1S/C17H17BrN4/c1-17(2,14-4-3-11-19-14)15-9-10-16(20-15)22-21-13-7-5-12(18)6-8-13/h3-11,19-20H,1-2H3. The second kappa shape index (κ2) is 5.93. The molecule has 3 aromatic rings. The van der Waals surface area contributed by atoms with Gasteiger partial charge in [-0.1, -0.05) is 15.9 Å². The molecule has 0 saturated heterocycles. The van der Waals surface area contributed by atoms with Crippen LogP contribution in [0.3, 0.4) is 0 Å². The van der Waals surface area contributed by atoms with Crippen LogP contribution < -0.4 is 0 Å². The number of aromatic nitrogens is 2. The Morgan fingerprint density at radius 2 is 1.68 bits per heavy atom. The van der Waals surface area contributed by atoms with E-state index in [2.05, 4.69) is 62.1 Å². The highest BCUT2D eigenvalue weighted by Gasteiger charge is 2.25. The second-order valence-electron chi connectivity index (χ2n) is 5.64. The van der Waals surface area contributed by atoms with Crippen LogP contribution >= 0.6 is 15.9 Å². The number of hydrogen-bond acceptors (Lipinski definition) is 2. The first-order valence-electron chi connectivity index (χ1n) is 7.06. The van der Waals surface area contributed by atoms with E-state index in [1.54, 1.807) is 0 Å². The number of halogens is 1. The fourth-order valence-corrected chi connectivity index (χ4v) is 2.55. The molecule has 112 valence electrons. The average Bonchev–Trinajstić information content (AvgIpc) is 3.19. The molecular formula is C17H17BrN4. The zero-order valence-electron chi connectivity index (χ0n) is 12.5. The number of benzene rings is 1. The first-order valence-corrected chi connectivity index (χ1v) is 7.86. The van der Waals surface area contributed by atoms with Crippen molar-refractivity contribution in [1.82, 2.24) is 9.97 Å². The minimum Gasteiger partial charge on any atom is -0.364 e. The Labute approximate surface area is 137 Å². The predicted molar refractivity (Wildman–Crippen MR) is 92.0 cm³/mol. The Bertz CT molecular complexity index is 767. The molecule has 5 heteroatoms. The molecule has 2 aromatic heterocycles. The van der Waals surface area contributed by atoms with Gasteiger partial charge in [0.2, 0.25) is 0 Å². The highest BCUT2D eigenvalue weighted by Crippen LogP contribution is 2.31. The molecule has 0 atom stereocenters. The zero-order valence-corrected chi connectivity index (χ0v) is 14.1. The largest absolute Gasteiger partial charge is 0.364 e. The summed E-state index contributed by atoms with van der Waals surface area (Å²) in [6.07, 6.45) is 1.94. The lowest BCUT2D eigenvalue weighted by atomic mass is 9.86. The Hall–Kier alpha value is -2.14. The van der Waals surface area contributed by atoms with Gasteiger partial charge in [0, 0.05) is 27.5 Å². The van der Waals surface area contributed by atoms with Crippen molar-refractivity contribution in [2.75, 3.05) is 0 Å². The second-order valence-corrected chi connectivity index (χ2v) is 6.56. The number of nitrogens with one attached hydrogen (secondary N) is 2. The van der Waals surface area contributed by atoms with Gasteiger partial charge in [-0.05, 0) is 62.4 Å². The molecule has 0 spiro atoms. The SMILES string of the molecule is CC(C)(c1ccc[nH]1)c1ccc(N=Nc2ccc(Br)cc2)[nH]1. The summed E-state index contributed by atoms with van der Waals surface area (Å²) >= 11 is 3.40. The summed E-state index contributed by atoms with van der Waals surface area (Å²) in [7, 11) is 0. The Morgan fingerprint density at radius 1 is 0.909 bits per heavy atom. The molecule has 0 amide bonds. The molecule has 0 bridgehead atoms. The van der Waals surface area contributed by atoms with E-state index in [0.717, 1.165) is 27.4 Å². The molecule has 0 aliphatic heterocycles. The quantitative estimate of drug-likeness (QED) is 0.551. The molecule has 22 heavy (non-hydrogen) atoms. The first-order chi connectivity index (χ1) is 10.6. The lowest BCUT2D eigenvalue weighted by Crippen LogP contribution is -2.19. The summed E-state index contributed by atoms with van der Waals surface area (Å²) in [4.78, 5) is 6.60. The lowest BCUT2D eigenvalue weighted by Gasteiger charge is -2.22. The summed E-state index contributed by atoms with van der Waals surface area (Å²) < 4.78 is 1.03. The number of rotatable bonds is 4. The van der Waals surface area contributed by atoms with Crippen molar-refractivity contribution < 1.29 is 0 Å². The average molecular weight is 357 g/mol. The van der Waals surface area contributed by atoms with Crippen molar-refractivity contribution in [3.8, 4) is 0 Å². The summed E-state index contributed by atoms with van der Waals surface area (Å²) in [6.45, 7) is 4.33. The Balaban J connectivity index is 1.80. The van der Waals surface area contributed by atoms with Crippen LogP contribution in [-0.4, -0.2) is 9.97 Å². The molecule has 0 fully saturated rings. The van der Waals surface area contributed by atoms with E-state index in [-0.39, 0.29) is 5.41 Å². The molecule has 0 aliphatic carbocycles. The van der Waals surface area contributed by atoms with Crippen LogP contribution in [-0.2, 0) is 5.41 Å². The van der Waals surface area contributed by atoms with Crippen LogP contribution in [0.15, 0.2) is 69.4 Å². The maximum absolute atomic E-state index is 4.27. The van der Waals surface area contributed by atoms with Crippen LogP contribution in [0.5, 0.6) is 0 Å². The normalized spacial score (nSPS) is 12.1. The lowest BCUT2D eigenvalue weighted by molar-refractivity contribution is 0.603. The molecular weight excluding hydrogens is 340 g/mol. The maximum atomic E-state index is 4.27. The topological polar surface area (TPSA) is 56.3 Å². The van der Waals surface area contributed by atoms with Gasteiger partial charge in [-0.2, -0.15) is 0 Å². The van der Waals surface area contributed by atoms with E-state index >= 15 is 0 Å². The van der Waals surface area contributed by atoms with E-state index in [1.165, 1.54) is 0 Å². The Morgan fingerprint density at radius 3 is 2.36 bits per heavy atom. The predicted octanol–water partition coefficient (Wildman–Crippen LogP) is 5.85. The van der Waals surface area contributed by atoms with Gasteiger partial charge in [0.15, 0.2) is 5.82 Å². The third-order valence-electron chi connectivity index (χ3n) is 3.72. The van der Waals surface area contributed by atoms with Crippen molar-refractivity contribution in [3.63, 3.8) is 0 Å². The molecule has 0 radical (unpaired) electrons. The minimum atomic E-state index is -0.130. The van der Waals surface area contributed by atoms with Crippen molar-refractivity contribution in [3.05, 3.63) is 70.6 Å². The Kier molecular flexibility index (Phi) is 3.98. The van der Waals surface area contributed by atoms with E-state index in [9.17, 15) is 0 Å². The van der Waals surface area contributed by atoms with E-state index in [0.29, 0.717) is 0 Å². The number of hydrogen-bond donors (Lipinski definition) is 2. The van der Waals surface area contributed by atoms with Crippen molar-refractivity contribution in [2.24, 2.45) is 10.2 Å². The third kappa shape index (κ3) is 3.04. The monoisotopic (exact) mass is 356 g/mol. The number of nitrogens with zero attached hydrogens (tertiary/aromatic N) is 2. The van der Waals surface area contributed by atoms with Gasteiger partial charge in [-0.25, -0.2) is 0 Å². The van der Waals surface area contributed by atoms with Gasteiger partial charge >= 0.3 is 0 Å². The van der Waals surface area contributed by atoms with Gasteiger partial charge in [-0.15, -0.1) is 10.2 Å². The van der Waals surface area contributed by atoms with Gasteiger partial charge in [0.05, 0.1) is 5.69 Å². The number of H-pyrrole nitrogens is 2. The van der Waals surface area contributed by atoms with Gasteiger partial charge in [0.1, 0.15) is 0 Å². The molecule has 0 aliphatic rings. The summed E-state index contributed by atoms with van der Waals surface area (Å²) in [5.74, 6) is 0.748. The molecule has 0 unspecified atom stereocenters. The van der Waals surface area contributed by atoms with E-state index in [4.69, 9.17) is 0 Å². The summed E-state index contributed by atoms with van der Waals surface area (Å²) in [6, 6.07) is 15.8. The van der Waals surface area contributed by atoms with Gasteiger partial charge in [0.25, 0.3) is 0 Å². The zero-order chi connectivity index (χ0) is 15.6. The van der Waals surface area contributed by atoms with Crippen LogP contribution in [0.25, 0.3) is 0 Å². The van der Waals surface area contributed by atoms with Crippen molar-refractivity contribution >= 4 is 27.4 Å². The molecule has 2 N–H and O–H groups in total. The number of azo groups is 1. The van der Waals surface area contributed by atoms with Crippen LogP contribution in [0.2, 0.25) is 0 Å². The highest BCUT2D eigenvalue weighted by atomic mass is 79.9. The molecule has 2 heterocycles. The van der Waals surface area contributed by atoms with Gasteiger partial charge < -0.3 is 9.97 Å². The maximum Gasteiger partial charge on any atom is 0.152 e. The van der Waals surface area contributed by atoms with E-state index in [1.807, 2.05) is 42.6 Å². The fourth-order valence-electron chi connectivity index (χ4n) is 2.29. The third-order valence-corrected chi connectivity index (χ3v) is 4.24. The van der Waals surface area contributed by atoms with Crippen LogP contribution in [0.4, 0.5) is 11.5 Å². The van der Waals surface area contributed by atoms with Crippen LogP contribution in [0.1, 0.15) is 25.2 Å². The summed E-state index contributed by atoms with van der Waals surface area (Å²) in [5.41, 5.74) is 2.95.